The molecule has 4 nitrogen and oxygen atoms in total. The summed E-state index contributed by atoms with van der Waals surface area (Å²) in [5.74, 6) is 3.73. The molecule has 4 heteroatoms. The van der Waals surface area contributed by atoms with E-state index in [1.807, 2.05) is 7.05 Å². The number of piperidine rings is 1. The zero-order valence-corrected chi connectivity index (χ0v) is 15.6. The van der Waals surface area contributed by atoms with Crippen LogP contribution in [-0.2, 0) is 0 Å². The van der Waals surface area contributed by atoms with Crippen molar-refractivity contribution < 1.29 is 0 Å². The number of nitrogens with zero attached hydrogens (tertiary/aromatic N) is 2. The minimum atomic E-state index is 0.889. The molecular formula is C19H38N4. The molecule has 0 spiro atoms. The van der Waals surface area contributed by atoms with Crippen molar-refractivity contribution in [3.8, 4) is 0 Å². The molecule has 1 aliphatic heterocycles. The van der Waals surface area contributed by atoms with E-state index in [-0.39, 0.29) is 0 Å². The molecule has 23 heavy (non-hydrogen) atoms. The van der Waals surface area contributed by atoms with E-state index in [2.05, 4.69) is 34.5 Å². The van der Waals surface area contributed by atoms with Gasteiger partial charge in [0.05, 0.1) is 0 Å². The maximum Gasteiger partial charge on any atom is 0.190 e. The number of aliphatic imine (C=N–C) groups is 1. The minimum absolute atomic E-state index is 0.889. The van der Waals surface area contributed by atoms with Gasteiger partial charge < -0.3 is 15.5 Å². The van der Waals surface area contributed by atoms with Crippen LogP contribution in [0.1, 0.15) is 58.3 Å². The highest BCUT2D eigenvalue weighted by Gasteiger charge is 2.18. The predicted molar refractivity (Wildman–Crippen MR) is 99.9 cm³/mol. The van der Waals surface area contributed by atoms with E-state index in [4.69, 9.17) is 0 Å². The Morgan fingerprint density at radius 2 is 1.65 bits per heavy atom. The molecule has 2 aliphatic rings. The third-order valence-corrected chi connectivity index (χ3v) is 5.80. The smallest absolute Gasteiger partial charge is 0.190 e. The normalized spacial score (nSPS) is 27.9. The number of guanidine groups is 1. The van der Waals surface area contributed by atoms with Crippen molar-refractivity contribution in [2.75, 3.05) is 40.3 Å². The second-order valence-electron chi connectivity index (χ2n) is 7.89. The summed E-state index contributed by atoms with van der Waals surface area (Å²) in [5.41, 5.74) is 0. The number of likely N-dealkylation sites (tertiary alicyclic amines) is 1. The Hall–Kier alpha value is -0.770. The molecule has 2 fully saturated rings. The van der Waals surface area contributed by atoms with Gasteiger partial charge in [-0.25, -0.2) is 0 Å². The standard InChI is InChI=1S/C19H38N4/c1-16-5-4-6-18(15-16)8-12-22-19(20-2)21-11-7-17-9-13-23(3)14-10-17/h16-18H,4-15H2,1-3H3,(H2,20,21,22). The van der Waals surface area contributed by atoms with Crippen molar-refractivity contribution in [3.05, 3.63) is 0 Å². The highest BCUT2D eigenvalue weighted by Crippen LogP contribution is 2.30. The Labute approximate surface area is 143 Å². The van der Waals surface area contributed by atoms with Crippen LogP contribution >= 0.6 is 0 Å². The van der Waals surface area contributed by atoms with E-state index < -0.39 is 0 Å². The number of rotatable bonds is 6. The van der Waals surface area contributed by atoms with Crippen LogP contribution in [0.2, 0.25) is 0 Å². The van der Waals surface area contributed by atoms with Gasteiger partial charge in [-0.3, -0.25) is 4.99 Å². The van der Waals surface area contributed by atoms with E-state index in [0.29, 0.717) is 0 Å². The SMILES string of the molecule is CN=C(NCCC1CCN(C)CC1)NCCC1CCCC(C)C1. The topological polar surface area (TPSA) is 39.7 Å². The molecule has 0 radical (unpaired) electrons. The second-order valence-corrected chi connectivity index (χ2v) is 7.89. The van der Waals surface area contributed by atoms with Crippen LogP contribution in [0.5, 0.6) is 0 Å². The van der Waals surface area contributed by atoms with Crippen LogP contribution in [0.25, 0.3) is 0 Å². The second kappa shape index (κ2) is 10.2. The van der Waals surface area contributed by atoms with E-state index in [1.165, 1.54) is 64.5 Å². The van der Waals surface area contributed by atoms with Crippen LogP contribution in [0, 0.1) is 17.8 Å². The van der Waals surface area contributed by atoms with Crippen LogP contribution < -0.4 is 10.6 Å². The lowest BCUT2D eigenvalue weighted by molar-refractivity contribution is 0.213. The molecular weight excluding hydrogens is 284 g/mol. The fraction of sp³-hybridized carbons (Fsp3) is 0.947. The molecule has 2 atom stereocenters. The lowest BCUT2D eigenvalue weighted by Crippen LogP contribution is -2.40. The monoisotopic (exact) mass is 322 g/mol. The molecule has 1 aliphatic carbocycles. The molecule has 0 aromatic carbocycles. The Kier molecular flexibility index (Phi) is 8.21. The van der Waals surface area contributed by atoms with Gasteiger partial charge in [-0.2, -0.15) is 0 Å². The molecule has 0 amide bonds. The summed E-state index contributed by atoms with van der Waals surface area (Å²) in [6, 6.07) is 0. The van der Waals surface area contributed by atoms with Crippen molar-refractivity contribution in [2.45, 2.75) is 58.3 Å². The lowest BCUT2D eigenvalue weighted by Gasteiger charge is -2.29. The summed E-state index contributed by atoms with van der Waals surface area (Å²) in [7, 11) is 4.11. The van der Waals surface area contributed by atoms with E-state index >= 15 is 0 Å². The fourth-order valence-electron chi connectivity index (χ4n) is 4.18. The van der Waals surface area contributed by atoms with Gasteiger partial charge in [-0.1, -0.05) is 26.2 Å². The van der Waals surface area contributed by atoms with Crippen LogP contribution in [0.4, 0.5) is 0 Å². The molecule has 1 saturated carbocycles. The maximum atomic E-state index is 4.37. The highest BCUT2D eigenvalue weighted by molar-refractivity contribution is 5.79. The van der Waals surface area contributed by atoms with Crippen LogP contribution in [0.15, 0.2) is 4.99 Å². The third-order valence-electron chi connectivity index (χ3n) is 5.80. The first kappa shape index (κ1) is 18.6. The molecule has 0 bridgehead atoms. The molecule has 0 aromatic heterocycles. The lowest BCUT2D eigenvalue weighted by atomic mass is 9.81. The molecule has 1 heterocycles. The molecule has 2 N–H and O–H groups in total. The summed E-state index contributed by atoms with van der Waals surface area (Å²) >= 11 is 0. The van der Waals surface area contributed by atoms with Gasteiger partial charge in [0.25, 0.3) is 0 Å². The van der Waals surface area contributed by atoms with E-state index in [9.17, 15) is 0 Å². The van der Waals surface area contributed by atoms with Gasteiger partial charge in [0.1, 0.15) is 0 Å². The van der Waals surface area contributed by atoms with Gasteiger partial charge in [0.2, 0.25) is 0 Å². The van der Waals surface area contributed by atoms with Gasteiger partial charge in [0, 0.05) is 20.1 Å². The Bertz CT molecular complexity index is 347. The molecule has 1 saturated heterocycles. The first-order chi connectivity index (χ1) is 11.2. The van der Waals surface area contributed by atoms with E-state index in [0.717, 1.165) is 36.8 Å². The quantitative estimate of drug-likeness (QED) is 0.583. The zero-order chi connectivity index (χ0) is 16.5. The van der Waals surface area contributed by atoms with Gasteiger partial charge in [-0.05, 0) is 70.0 Å². The van der Waals surface area contributed by atoms with Crippen molar-refractivity contribution in [2.24, 2.45) is 22.7 Å². The maximum absolute atomic E-state index is 4.37. The molecule has 2 rings (SSSR count). The summed E-state index contributed by atoms with van der Waals surface area (Å²) in [6.07, 6.45) is 11.0. The molecule has 134 valence electrons. The predicted octanol–water partition coefficient (Wildman–Crippen LogP) is 3.10. The first-order valence-corrected chi connectivity index (χ1v) is 9.80. The van der Waals surface area contributed by atoms with Crippen LogP contribution in [0.3, 0.4) is 0 Å². The molecule has 0 aromatic rings. The summed E-state index contributed by atoms with van der Waals surface area (Å²) in [4.78, 5) is 6.81. The van der Waals surface area contributed by atoms with Gasteiger partial charge in [0.15, 0.2) is 5.96 Å². The number of hydrogen-bond donors (Lipinski definition) is 2. The Morgan fingerprint density at radius 1 is 1.00 bits per heavy atom. The Balaban J connectivity index is 1.54. The number of hydrogen-bond acceptors (Lipinski definition) is 2. The highest BCUT2D eigenvalue weighted by atomic mass is 15.2. The zero-order valence-electron chi connectivity index (χ0n) is 15.6. The number of nitrogens with one attached hydrogen (secondary N) is 2. The first-order valence-electron chi connectivity index (χ1n) is 9.80. The summed E-state index contributed by atoms with van der Waals surface area (Å²) < 4.78 is 0. The van der Waals surface area contributed by atoms with Gasteiger partial charge >= 0.3 is 0 Å². The fourth-order valence-corrected chi connectivity index (χ4v) is 4.18. The van der Waals surface area contributed by atoms with Crippen LogP contribution in [-0.4, -0.2) is 51.1 Å². The van der Waals surface area contributed by atoms with Crippen molar-refractivity contribution in [1.82, 2.24) is 15.5 Å². The van der Waals surface area contributed by atoms with Gasteiger partial charge in [-0.15, -0.1) is 0 Å². The average molecular weight is 323 g/mol. The van der Waals surface area contributed by atoms with E-state index in [1.54, 1.807) is 0 Å². The van der Waals surface area contributed by atoms with Crippen molar-refractivity contribution in [1.29, 1.82) is 0 Å². The summed E-state index contributed by atoms with van der Waals surface area (Å²) in [5, 5.41) is 7.01. The third kappa shape index (κ3) is 7.11. The Morgan fingerprint density at radius 3 is 2.26 bits per heavy atom. The largest absolute Gasteiger partial charge is 0.356 e. The van der Waals surface area contributed by atoms with Crippen molar-refractivity contribution >= 4 is 5.96 Å². The summed E-state index contributed by atoms with van der Waals surface area (Å²) in [6.45, 7) is 7.04. The molecule has 2 unspecified atom stereocenters. The minimum Gasteiger partial charge on any atom is -0.356 e. The average Bonchev–Trinajstić information content (AvgIpc) is 2.55. The van der Waals surface area contributed by atoms with Crippen molar-refractivity contribution in [3.63, 3.8) is 0 Å².